The predicted molar refractivity (Wildman–Crippen MR) is 59.8 cm³/mol. The number of allylic oxidation sites excluding steroid dienone is 1. The Hall–Kier alpha value is -0.610. The third kappa shape index (κ3) is 1.33. The van der Waals surface area contributed by atoms with E-state index in [-0.39, 0.29) is 11.9 Å². The van der Waals surface area contributed by atoms with Crippen LogP contribution in [0.15, 0.2) is 27.9 Å². The fourth-order valence-corrected chi connectivity index (χ4v) is 2.18. The summed E-state index contributed by atoms with van der Waals surface area (Å²) in [5.74, 6) is -0.102. The second-order valence-corrected chi connectivity index (χ2v) is 5.42. The molecule has 1 amide bonds. The molecule has 14 heavy (non-hydrogen) atoms. The number of fused-ring (bicyclic) bond motifs is 1. The minimum atomic E-state index is -0.720. The van der Waals surface area contributed by atoms with Crippen molar-refractivity contribution in [3.8, 4) is 0 Å². The minimum Gasteiger partial charge on any atom is -0.331 e. The molecule has 0 spiro atoms. The highest BCUT2D eigenvalue weighted by Gasteiger charge is 2.44. The molecular formula is C9H8BrClN2O. The average molecular weight is 276 g/mol. The number of aliphatic imine (C=N–C) groups is 1. The first-order chi connectivity index (χ1) is 6.53. The summed E-state index contributed by atoms with van der Waals surface area (Å²) >= 11 is 9.37. The summed E-state index contributed by atoms with van der Waals surface area (Å²) in [6, 6.07) is -0.242. The molecule has 74 valence electrons. The van der Waals surface area contributed by atoms with Gasteiger partial charge in [0.25, 0.3) is 0 Å². The monoisotopic (exact) mass is 274 g/mol. The largest absolute Gasteiger partial charge is 0.331 e. The third-order valence-electron chi connectivity index (χ3n) is 2.34. The van der Waals surface area contributed by atoms with Crippen molar-refractivity contribution in [1.82, 2.24) is 5.32 Å². The van der Waals surface area contributed by atoms with Crippen molar-refractivity contribution in [2.45, 2.75) is 17.3 Å². The van der Waals surface area contributed by atoms with Crippen molar-refractivity contribution in [2.75, 3.05) is 0 Å². The maximum atomic E-state index is 11.5. The summed E-state index contributed by atoms with van der Waals surface area (Å²) in [5.41, 5.74) is 0.841. The molecular weight excluding hydrogens is 267 g/mol. The van der Waals surface area contributed by atoms with Crippen LogP contribution in [0.1, 0.15) is 6.92 Å². The lowest BCUT2D eigenvalue weighted by atomic mass is 9.90. The van der Waals surface area contributed by atoms with Crippen LogP contribution in [-0.4, -0.2) is 22.5 Å². The zero-order valence-corrected chi connectivity index (χ0v) is 9.76. The van der Waals surface area contributed by atoms with Gasteiger partial charge in [-0.3, -0.25) is 9.79 Å². The number of alkyl halides is 1. The molecule has 3 nitrogen and oxygen atoms in total. The molecule has 2 atom stereocenters. The number of carbonyl (C=O) groups is 1. The van der Waals surface area contributed by atoms with E-state index >= 15 is 0 Å². The van der Waals surface area contributed by atoms with Crippen LogP contribution in [0.5, 0.6) is 0 Å². The topological polar surface area (TPSA) is 41.5 Å². The lowest BCUT2D eigenvalue weighted by Gasteiger charge is -2.34. The van der Waals surface area contributed by atoms with Gasteiger partial charge in [0.05, 0.1) is 0 Å². The summed E-state index contributed by atoms with van der Waals surface area (Å²) in [6.07, 6.45) is 4.96. The Morgan fingerprint density at radius 1 is 1.71 bits per heavy atom. The zero-order valence-electron chi connectivity index (χ0n) is 7.42. The summed E-state index contributed by atoms with van der Waals surface area (Å²) in [6.45, 7) is 1.78. The second kappa shape index (κ2) is 3.21. The van der Waals surface area contributed by atoms with Crippen LogP contribution in [0.4, 0.5) is 0 Å². The van der Waals surface area contributed by atoms with Gasteiger partial charge in [-0.2, -0.15) is 0 Å². The Labute approximate surface area is 95.0 Å². The summed E-state index contributed by atoms with van der Waals surface area (Å²) in [5, 5.41) is 3.28. The maximum absolute atomic E-state index is 11.5. The van der Waals surface area contributed by atoms with Crippen molar-refractivity contribution in [3.05, 3.63) is 22.9 Å². The summed E-state index contributed by atoms with van der Waals surface area (Å²) < 4.78 is -0.720. The second-order valence-electron chi connectivity index (χ2n) is 3.36. The van der Waals surface area contributed by atoms with Gasteiger partial charge in [-0.1, -0.05) is 27.5 Å². The molecule has 0 saturated heterocycles. The third-order valence-corrected chi connectivity index (χ3v) is 3.48. The first kappa shape index (κ1) is 9.93. The minimum absolute atomic E-state index is 0.102. The highest BCUT2D eigenvalue weighted by atomic mass is 79.9. The molecule has 0 radical (unpaired) electrons. The Kier molecular flexibility index (Phi) is 2.27. The molecule has 0 fully saturated rings. The molecule has 1 N–H and O–H groups in total. The standard InChI is InChI=1S/C9H8BrClN2O/c1-9(10)7-5(4-13-8(9)14)6(11)2-3-12-7/h2-4,7H,1H3,(H,13,14). The highest BCUT2D eigenvalue weighted by molar-refractivity contribution is 9.10. The number of halogens is 2. The van der Waals surface area contributed by atoms with E-state index < -0.39 is 4.32 Å². The van der Waals surface area contributed by atoms with Gasteiger partial charge in [-0.15, -0.1) is 0 Å². The van der Waals surface area contributed by atoms with E-state index in [0.717, 1.165) is 5.57 Å². The van der Waals surface area contributed by atoms with E-state index in [0.29, 0.717) is 5.03 Å². The molecule has 2 heterocycles. The van der Waals surface area contributed by atoms with Gasteiger partial charge in [0.15, 0.2) is 0 Å². The number of amides is 1. The molecule has 0 saturated carbocycles. The Bertz CT molecular complexity index is 384. The number of nitrogens with zero attached hydrogens (tertiary/aromatic N) is 1. The highest BCUT2D eigenvalue weighted by Crippen LogP contribution is 2.37. The number of hydrogen-bond donors (Lipinski definition) is 1. The first-order valence-corrected chi connectivity index (χ1v) is 5.30. The molecule has 0 bridgehead atoms. The van der Waals surface area contributed by atoms with E-state index in [2.05, 4.69) is 26.2 Å². The van der Waals surface area contributed by atoms with Gasteiger partial charge in [0.1, 0.15) is 10.4 Å². The van der Waals surface area contributed by atoms with Gasteiger partial charge < -0.3 is 5.32 Å². The van der Waals surface area contributed by atoms with E-state index in [4.69, 9.17) is 11.6 Å². The Morgan fingerprint density at radius 2 is 2.43 bits per heavy atom. The summed E-state index contributed by atoms with van der Waals surface area (Å²) in [4.78, 5) is 15.8. The van der Waals surface area contributed by atoms with Crippen LogP contribution in [-0.2, 0) is 4.79 Å². The first-order valence-electron chi connectivity index (χ1n) is 4.13. The van der Waals surface area contributed by atoms with Crippen molar-refractivity contribution in [1.29, 1.82) is 0 Å². The van der Waals surface area contributed by atoms with Crippen LogP contribution in [0.2, 0.25) is 0 Å². The Balaban J connectivity index is 2.49. The quantitative estimate of drug-likeness (QED) is 0.672. The molecule has 0 aliphatic carbocycles. The van der Waals surface area contributed by atoms with Crippen LogP contribution in [0, 0.1) is 0 Å². The Morgan fingerprint density at radius 3 is 3.14 bits per heavy atom. The lowest BCUT2D eigenvalue weighted by molar-refractivity contribution is -0.122. The van der Waals surface area contributed by atoms with Gasteiger partial charge >= 0.3 is 0 Å². The van der Waals surface area contributed by atoms with Gasteiger partial charge in [0.2, 0.25) is 5.91 Å². The van der Waals surface area contributed by atoms with E-state index in [1.807, 2.05) is 0 Å². The summed E-state index contributed by atoms with van der Waals surface area (Å²) in [7, 11) is 0. The molecule has 2 rings (SSSR count). The number of nitrogens with one attached hydrogen (secondary N) is 1. The van der Waals surface area contributed by atoms with E-state index in [1.165, 1.54) is 0 Å². The normalized spacial score (nSPS) is 35.6. The smallest absolute Gasteiger partial charge is 0.243 e. The molecule has 5 heteroatoms. The van der Waals surface area contributed by atoms with Gasteiger partial charge in [-0.05, 0) is 13.0 Å². The molecule has 0 aromatic rings. The van der Waals surface area contributed by atoms with Crippen molar-refractivity contribution < 1.29 is 4.79 Å². The van der Waals surface area contributed by atoms with Crippen LogP contribution >= 0.6 is 27.5 Å². The number of carbonyl (C=O) groups excluding carboxylic acids is 1. The van der Waals surface area contributed by atoms with Crippen molar-refractivity contribution in [2.24, 2.45) is 4.99 Å². The fourth-order valence-electron chi connectivity index (χ4n) is 1.49. The molecule has 2 unspecified atom stereocenters. The zero-order chi connectivity index (χ0) is 10.3. The van der Waals surface area contributed by atoms with E-state index in [1.54, 1.807) is 25.4 Å². The number of hydrogen-bond acceptors (Lipinski definition) is 2. The molecule has 0 aromatic heterocycles. The van der Waals surface area contributed by atoms with Crippen molar-refractivity contribution >= 4 is 39.7 Å². The van der Waals surface area contributed by atoms with Gasteiger partial charge in [-0.25, -0.2) is 0 Å². The maximum Gasteiger partial charge on any atom is 0.243 e. The number of rotatable bonds is 0. The average Bonchev–Trinajstić information content (AvgIpc) is 2.13. The molecule has 2 aliphatic heterocycles. The number of dihydropyridines is 1. The fraction of sp³-hybridized carbons (Fsp3) is 0.333. The van der Waals surface area contributed by atoms with Crippen molar-refractivity contribution in [3.63, 3.8) is 0 Å². The van der Waals surface area contributed by atoms with Gasteiger partial charge in [0, 0.05) is 23.0 Å². The molecule has 2 aliphatic rings. The van der Waals surface area contributed by atoms with Crippen LogP contribution in [0.25, 0.3) is 0 Å². The van der Waals surface area contributed by atoms with Crippen LogP contribution in [0.3, 0.4) is 0 Å². The molecule has 0 aromatic carbocycles. The van der Waals surface area contributed by atoms with E-state index in [9.17, 15) is 4.79 Å². The lowest BCUT2D eigenvalue weighted by Crippen LogP contribution is -2.51. The predicted octanol–water partition coefficient (Wildman–Crippen LogP) is 1.73. The van der Waals surface area contributed by atoms with Crippen LogP contribution < -0.4 is 5.32 Å². The SMILES string of the molecule is CC1(Br)C(=O)NC=C2C(Cl)=CC=NC21.